The van der Waals surface area contributed by atoms with E-state index >= 15 is 0 Å². The van der Waals surface area contributed by atoms with Gasteiger partial charge in [-0.05, 0) is 49.4 Å². The van der Waals surface area contributed by atoms with Gasteiger partial charge in [-0.2, -0.15) is 5.26 Å². The highest BCUT2D eigenvalue weighted by Crippen LogP contribution is 2.38. The summed E-state index contributed by atoms with van der Waals surface area (Å²) >= 11 is 0. The van der Waals surface area contributed by atoms with Gasteiger partial charge in [-0.1, -0.05) is 38.1 Å². The minimum atomic E-state index is -0.417. The number of anilines is 1. The largest absolute Gasteiger partial charge is 0.449 e. The van der Waals surface area contributed by atoms with Gasteiger partial charge in [0.2, 0.25) is 0 Å². The number of rotatable bonds is 10. The quantitative estimate of drug-likeness (QED) is 0.626. The van der Waals surface area contributed by atoms with Gasteiger partial charge in [-0.15, -0.1) is 0 Å². The van der Waals surface area contributed by atoms with Crippen molar-refractivity contribution in [3.63, 3.8) is 0 Å². The summed E-state index contributed by atoms with van der Waals surface area (Å²) in [6, 6.07) is 14.7. The highest BCUT2D eigenvalue weighted by atomic mass is 16.3. The third-order valence-corrected chi connectivity index (χ3v) is 4.86. The number of hydrogen-bond donors (Lipinski definition) is 2. The van der Waals surface area contributed by atoms with Crippen LogP contribution in [0.4, 0.5) is 5.88 Å². The van der Waals surface area contributed by atoms with Crippen molar-refractivity contribution in [2.75, 3.05) is 25.0 Å². The molecule has 0 saturated heterocycles. The molecule has 0 amide bonds. The van der Waals surface area contributed by atoms with Crippen molar-refractivity contribution in [2.45, 2.75) is 39.0 Å². The van der Waals surface area contributed by atoms with Crippen LogP contribution in [-0.2, 0) is 5.41 Å². The second-order valence-electron chi connectivity index (χ2n) is 6.81. The Morgan fingerprint density at radius 3 is 2.56 bits per heavy atom. The van der Waals surface area contributed by atoms with Crippen LogP contribution in [0.3, 0.4) is 0 Å². The normalized spacial score (nSPS) is 13.4. The Morgan fingerprint density at radius 2 is 1.92 bits per heavy atom. The first-order valence-electron chi connectivity index (χ1n) is 9.05. The van der Waals surface area contributed by atoms with Gasteiger partial charge in [0.05, 0.1) is 17.7 Å². The Balaban J connectivity index is 1.83. The summed E-state index contributed by atoms with van der Waals surface area (Å²) in [7, 11) is 0. The Bertz CT molecular complexity index is 673. The summed E-state index contributed by atoms with van der Waals surface area (Å²) in [5, 5.41) is 16.6. The highest BCUT2D eigenvalue weighted by Gasteiger charge is 2.36. The molecule has 0 fully saturated rings. The van der Waals surface area contributed by atoms with Gasteiger partial charge in [-0.3, -0.25) is 0 Å². The van der Waals surface area contributed by atoms with E-state index in [-0.39, 0.29) is 5.92 Å². The molecule has 134 valence electrons. The number of benzene rings is 1. The lowest BCUT2D eigenvalue weighted by atomic mass is 9.68. The molecule has 0 saturated carbocycles. The van der Waals surface area contributed by atoms with Crippen molar-refractivity contribution in [3.8, 4) is 6.07 Å². The third-order valence-electron chi connectivity index (χ3n) is 4.86. The molecule has 2 N–H and O–H groups in total. The maximum Gasteiger partial charge on any atom is 0.192 e. The number of aryl methyl sites for hydroxylation is 1. The van der Waals surface area contributed by atoms with Crippen LogP contribution in [0.2, 0.25) is 0 Å². The SMILES string of the molecule is Cc1ccccc1[C@](C#N)(CCCNCCNc1ccco1)C(C)C. The van der Waals surface area contributed by atoms with Crippen molar-refractivity contribution >= 4 is 5.88 Å². The molecular weight excluding hydrogens is 310 g/mol. The summed E-state index contributed by atoms with van der Waals surface area (Å²) in [4.78, 5) is 0. The summed E-state index contributed by atoms with van der Waals surface area (Å²) in [5.74, 6) is 1.07. The lowest BCUT2D eigenvalue weighted by Crippen LogP contribution is -2.33. The molecule has 0 radical (unpaired) electrons. The van der Waals surface area contributed by atoms with Gasteiger partial charge in [0.1, 0.15) is 0 Å². The molecule has 2 aromatic rings. The van der Waals surface area contributed by atoms with E-state index < -0.39 is 5.41 Å². The van der Waals surface area contributed by atoms with Crippen molar-refractivity contribution in [1.29, 1.82) is 5.26 Å². The number of furan rings is 1. The Labute approximate surface area is 151 Å². The Hall–Kier alpha value is -2.25. The lowest BCUT2D eigenvalue weighted by molar-refractivity contribution is 0.355. The zero-order valence-electron chi connectivity index (χ0n) is 15.5. The zero-order valence-corrected chi connectivity index (χ0v) is 15.5. The molecule has 1 aromatic heterocycles. The summed E-state index contributed by atoms with van der Waals surface area (Å²) in [6.45, 7) is 8.99. The summed E-state index contributed by atoms with van der Waals surface area (Å²) < 4.78 is 5.23. The van der Waals surface area contributed by atoms with Crippen molar-refractivity contribution in [1.82, 2.24) is 5.32 Å². The van der Waals surface area contributed by atoms with Crippen LogP contribution in [0.5, 0.6) is 0 Å². The average molecular weight is 339 g/mol. The molecule has 0 aliphatic carbocycles. The fourth-order valence-electron chi connectivity index (χ4n) is 3.32. The van der Waals surface area contributed by atoms with Crippen LogP contribution in [0.1, 0.15) is 37.8 Å². The van der Waals surface area contributed by atoms with Gasteiger partial charge in [-0.25, -0.2) is 0 Å². The Morgan fingerprint density at radius 1 is 1.12 bits per heavy atom. The van der Waals surface area contributed by atoms with E-state index in [4.69, 9.17) is 4.42 Å². The van der Waals surface area contributed by atoms with Gasteiger partial charge in [0.25, 0.3) is 0 Å². The molecule has 0 aliphatic rings. The first kappa shape index (κ1) is 19.1. The maximum absolute atomic E-state index is 9.98. The van der Waals surface area contributed by atoms with E-state index in [0.717, 1.165) is 38.4 Å². The molecule has 0 spiro atoms. The van der Waals surface area contributed by atoms with Crippen molar-refractivity contribution < 1.29 is 4.42 Å². The lowest BCUT2D eigenvalue weighted by Gasteiger charge is -2.33. The highest BCUT2D eigenvalue weighted by molar-refractivity contribution is 5.39. The molecule has 4 heteroatoms. The third kappa shape index (κ3) is 4.87. The van der Waals surface area contributed by atoms with Crippen LogP contribution < -0.4 is 10.6 Å². The predicted octanol–water partition coefficient (Wildman–Crippen LogP) is 4.49. The number of nitriles is 1. The van der Waals surface area contributed by atoms with Gasteiger partial charge in [0.15, 0.2) is 5.88 Å². The molecule has 4 nitrogen and oxygen atoms in total. The van der Waals surface area contributed by atoms with E-state index in [1.807, 2.05) is 24.3 Å². The Kier molecular flexibility index (Phi) is 7.09. The van der Waals surface area contributed by atoms with Crippen LogP contribution in [0, 0.1) is 24.2 Å². The van der Waals surface area contributed by atoms with Crippen LogP contribution in [0.15, 0.2) is 47.1 Å². The summed E-state index contributed by atoms with van der Waals surface area (Å²) in [5.41, 5.74) is 1.96. The van der Waals surface area contributed by atoms with E-state index in [9.17, 15) is 5.26 Å². The fraction of sp³-hybridized carbons (Fsp3) is 0.476. The molecule has 25 heavy (non-hydrogen) atoms. The van der Waals surface area contributed by atoms with Crippen molar-refractivity contribution in [2.24, 2.45) is 5.92 Å². The van der Waals surface area contributed by atoms with Crippen molar-refractivity contribution in [3.05, 3.63) is 53.8 Å². The standard InChI is InChI=1S/C21H29N3O/c1-17(2)21(16-22,19-9-5-4-8-18(19)3)11-7-12-23-13-14-24-20-10-6-15-25-20/h4-6,8-10,15,17,23-24H,7,11-14H2,1-3H3/t21-/m0/s1. The van der Waals surface area contributed by atoms with Gasteiger partial charge >= 0.3 is 0 Å². The number of nitrogens with one attached hydrogen (secondary N) is 2. The minimum absolute atomic E-state index is 0.277. The van der Waals surface area contributed by atoms with E-state index in [1.54, 1.807) is 6.26 Å². The molecule has 1 atom stereocenters. The average Bonchev–Trinajstić information content (AvgIpc) is 3.12. The maximum atomic E-state index is 9.98. The molecule has 2 rings (SSSR count). The molecule has 0 bridgehead atoms. The van der Waals surface area contributed by atoms with Crippen LogP contribution in [0.25, 0.3) is 0 Å². The van der Waals surface area contributed by atoms with Gasteiger partial charge < -0.3 is 15.1 Å². The number of nitrogens with zero attached hydrogens (tertiary/aromatic N) is 1. The topological polar surface area (TPSA) is 61.0 Å². The molecule has 1 heterocycles. The monoisotopic (exact) mass is 339 g/mol. The van der Waals surface area contributed by atoms with E-state index in [0.29, 0.717) is 0 Å². The van der Waals surface area contributed by atoms with Gasteiger partial charge in [0, 0.05) is 19.2 Å². The zero-order chi connectivity index (χ0) is 18.1. The van der Waals surface area contributed by atoms with E-state index in [2.05, 4.69) is 49.6 Å². The first-order chi connectivity index (χ1) is 12.1. The molecule has 0 aliphatic heterocycles. The second kappa shape index (κ2) is 9.29. The second-order valence-corrected chi connectivity index (χ2v) is 6.81. The molecule has 0 unspecified atom stereocenters. The van der Waals surface area contributed by atoms with Crippen LogP contribution >= 0.6 is 0 Å². The fourth-order valence-corrected chi connectivity index (χ4v) is 3.32. The number of hydrogen-bond acceptors (Lipinski definition) is 4. The summed E-state index contributed by atoms with van der Waals surface area (Å²) in [6.07, 6.45) is 3.50. The molecular formula is C21H29N3O. The predicted molar refractivity (Wildman–Crippen MR) is 103 cm³/mol. The smallest absolute Gasteiger partial charge is 0.192 e. The van der Waals surface area contributed by atoms with Crippen LogP contribution in [-0.4, -0.2) is 19.6 Å². The van der Waals surface area contributed by atoms with E-state index in [1.165, 1.54) is 11.1 Å². The first-order valence-corrected chi connectivity index (χ1v) is 9.05. The minimum Gasteiger partial charge on any atom is -0.449 e. The molecule has 1 aromatic carbocycles.